The zero-order valence-corrected chi connectivity index (χ0v) is 11.3. The van der Waals surface area contributed by atoms with E-state index in [2.05, 4.69) is 17.4 Å². The molecule has 102 valence electrons. The molecule has 0 aromatic carbocycles. The Morgan fingerprint density at radius 2 is 2.17 bits per heavy atom. The number of carbonyl (C=O) groups excluding carboxylic acids is 1. The molecule has 0 saturated carbocycles. The zero-order valence-electron chi connectivity index (χ0n) is 11.3. The molecule has 0 saturated heterocycles. The first-order chi connectivity index (χ1) is 8.65. The minimum Gasteiger partial charge on any atom is -0.465 e. The van der Waals surface area contributed by atoms with Crippen molar-refractivity contribution in [1.82, 2.24) is 0 Å². The molecule has 0 amide bonds. The van der Waals surface area contributed by atoms with E-state index in [4.69, 9.17) is 4.74 Å². The van der Waals surface area contributed by atoms with Crippen molar-refractivity contribution in [1.29, 1.82) is 0 Å². The molecule has 0 fully saturated rings. The van der Waals surface area contributed by atoms with Gasteiger partial charge in [-0.25, -0.2) is 4.79 Å². The van der Waals surface area contributed by atoms with Crippen LogP contribution in [0.3, 0.4) is 0 Å². The van der Waals surface area contributed by atoms with Crippen LogP contribution >= 0.6 is 0 Å². The summed E-state index contributed by atoms with van der Waals surface area (Å²) < 4.78 is 9.45. The van der Waals surface area contributed by atoms with E-state index in [1.807, 2.05) is 0 Å². The molecule has 1 atom stereocenters. The molecule has 4 nitrogen and oxygen atoms in total. The van der Waals surface area contributed by atoms with E-state index in [9.17, 15) is 9.90 Å². The minimum atomic E-state index is -0.648. The molecule has 0 rings (SSSR count). The van der Waals surface area contributed by atoms with Gasteiger partial charge in [0.1, 0.15) is 0 Å². The van der Waals surface area contributed by atoms with Gasteiger partial charge in [-0.05, 0) is 18.9 Å². The van der Waals surface area contributed by atoms with Crippen LogP contribution in [0.25, 0.3) is 0 Å². The van der Waals surface area contributed by atoms with Crippen molar-refractivity contribution in [3.63, 3.8) is 0 Å². The molecule has 4 heteroatoms. The van der Waals surface area contributed by atoms with Crippen LogP contribution in [0, 0.1) is 0 Å². The fraction of sp³-hybridized carbons (Fsp3) is 0.571. The number of unbranched alkanes of at least 4 members (excludes halogenated alkanes) is 1. The summed E-state index contributed by atoms with van der Waals surface area (Å²) in [6.07, 6.45) is 6.73. The predicted octanol–water partition coefficient (Wildman–Crippen LogP) is 1.99. The lowest BCUT2D eigenvalue weighted by Crippen LogP contribution is -2.09. The van der Waals surface area contributed by atoms with E-state index in [0.717, 1.165) is 12.8 Å². The molecule has 18 heavy (non-hydrogen) atoms. The first-order valence-corrected chi connectivity index (χ1v) is 6.03. The Kier molecular flexibility index (Phi) is 9.97. The Labute approximate surface area is 109 Å². The summed E-state index contributed by atoms with van der Waals surface area (Å²) in [4.78, 5) is 11.4. The van der Waals surface area contributed by atoms with Crippen molar-refractivity contribution in [2.45, 2.75) is 32.3 Å². The summed E-state index contributed by atoms with van der Waals surface area (Å²) in [7, 11) is 2.88. The van der Waals surface area contributed by atoms with Crippen LogP contribution in [0.5, 0.6) is 0 Å². The quantitative estimate of drug-likeness (QED) is 0.311. The molecule has 0 aromatic heterocycles. The van der Waals surface area contributed by atoms with Crippen molar-refractivity contribution in [2.75, 3.05) is 20.8 Å². The van der Waals surface area contributed by atoms with Gasteiger partial charge in [0.2, 0.25) is 0 Å². The van der Waals surface area contributed by atoms with Gasteiger partial charge in [-0.2, -0.15) is 0 Å². The topological polar surface area (TPSA) is 55.8 Å². The molecule has 0 aromatic rings. The van der Waals surface area contributed by atoms with Crippen LogP contribution in [-0.4, -0.2) is 38.0 Å². The summed E-state index contributed by atoms with van der Waals surface area (Å²) >= 11 is 0. The number of hydrogen-bond acceptors (Lipinski definition) is 4. The van der Waals surface area contributed by atoms with Gasteiger partial charge in [0.05, 0.1) is 25.4 Å². The van der Waals surface area contributed by atoms with Gasteiger partial charge < -0.3 is 14.6 Å². The van der Waals surface area contributed by atoms with E-state index >= 15 is 0 Å². The lowest BCUT2D eigenvalue weighted by atomic mass is 10.1. The Morgan fingerprint density at radius 3 is 2.72 bits per heavy atom. The first kappa shape index (κ1) is 16.6. The number of allylic oxidation sites excluding steroid dienone is 1. The second-order valence-electron chi connectivity index (χ2n) is 3.79. The number of carbonyl (C=O) groups is 1. The molecule has 0 aliphatic carbocycles. The summed E-state index contributed by atoms with van der Waals surface area (Å²) in [5, 5.41) is 9.35. The van der Waals surface area contributed by atoms with Gasteiger partial charge in [-0.1, -0.05) is 25.5 Å². The molecule has 0 heterocycles. The molecular weight excluding hydrogens is 232 g/mol. The Hall–Kier alpha value is -1.35. The number of ether oxygens (including phenoxy) is 2. The van der Waals surface area contributed by atoms with Gasteiger partial charge in [0.15, 0.2) is 0 Å². The van der Waals surface area contributed by atoms with Crippen LogP contribution in [0.4, 0.5) is 0 Å². The summed E-state index contributed by atoms with van der Waals surface area (Å²) in [5.41, 5.74) is 3.40. The van der Waals surface area contributed by atoms with Gasteiger partial charge in [-0.15, -0.1) is 5.73 Å². The molecule has 0 spiro atoms. The van der Waals surface area contributed by atoms with Gasteiger partial charge in [0, 0.05) is 7.11 Å². The number of esters is 1. The van der Waals surface area contributed by atoms with Gasteiger partial charge in [-0.3, -0.25) is 0 Å². The Morgan fingerprint density at radius 1 is 1.44 bits per heavy atom. The molecule has 0 unspecified atom stereocenters. The molecule has 0 radical (unpaired) electrons. The predicted molar refractivity (Wildman–Crippen MR) is 70.2 cm³/mol. The van der Waals surface area contributed by atoms with Crippen molar-refractivity contribution >= 4 is 5.97 Å². The van der Waals surface area contributed by atoms with Gasteiger partial charge >= 0.3 is 5.97 Å². The highest BCUT2D eigenvalue weighted by Gasteiger charge is 2.07. The number of aliphatic hydroxyl groups excluding tert-OH is 1. The van der Waals surface area contributed by atoms with Crippen LogP contribution in [0.2, 0.25) is 0 Å². The molecule has 0 bridgehead atoms. The Balaban J connectivity index is 4.57. The molecule has 1 N–H and O–H groups in total. The minimum absolute atomic E-state index is 0.244. The van der Waals surface area contributed by atoms with E-state index in [1.54, 1.807) is 18.2 Å². The third kappa shape index (κ3) is 7.85. The maximum absolute atomic E-state index is 11.4. The lowest BCUT2D eigenvalue weighted by molar-refractivity contribution is -0.136. The number of methoxy groups -OCH3 is 2. The van der Waals surface area contributed by atoms with E-state index in [1.165, 1.54) is 14.2 Å². The largest absolute Gasteiger partial charge is 0.465 e. The highest BCUT2D eigenvalue weighted by atomic mass is 16.5. The molecule has 0 aliphatic rings. The first-order valence-electron chi connectivity index (χ1n) is 6.03. The second kappa shape index (κ2) is 10.8. The fourth-order valence-electron chi connectivity index (χ4n) is 1.27. The monoisotopic (exact) mass is 254 g/mol. The van der Waals surface area contributed by atoms with Crippen molar-refractivity contribution in [3.8, 4) is 0 Å². The van der Waals surface area contributed by atoms with Crippen LogP contribution in [-0.2, 0) is 14.3 Å². The third-order valence-corrected chi connectivity index (χ3v) is 2.24. The number of rotatable bonds is 8. The summed E-state index contributed by atoms with van der Waals surface area (Å²) in [5.74, 6) is -0.356. The van der Waals surface area contributed by atoms with E-state index in [-0.39, 0.29) is 12.6 Å². The maximum Gasteiger partial charge on any atom is 0.341 e. The van der Waals surface area contributed by atoms with Crippen molar-refractivity contribution in [3.05, 3.63) is 29.5 Å². The van der Waals surface area contributed by atoms with Crippen LogP contribution in [0.1, 0.15) is 26.2 Å². The highest BCUT2D eigenvalue weighted by molar-refractivity contribution is 5.88. The van der Waals surface area contributed by atoms with Gasteiger partial charge in [0.25, 0.3) is 0 Å². The van der Waals surface area contributed by atoms with Crippen LogP contribution < -0.4 is 0 Å². The fourth-order valence-corrected chi connectivity index (χ4v) is 1.27. The second-order valence-corrected chi connectivity index (χ2v) is 3.79. The summed E-state index contributed by atoms with van der Waals surface area (Å²) in [6.45, 7) is 2.30. The van der Waals surface area contributed by atoms with E-state index < -0.39 is 6.10 Å². The third-order valence-electron chi connectivity index (χ3n) is 2.24. The number of aliphatic hydroxyl groups is 1. The molecule has 0 aliphatic heterocycles. The van der Waals surface area contributed by atoms with Crippen molar-refractivity contribution in [2.24, 2.45) is 0 Å². The number of hydrogen-bond donors (Lipinski definition) is 1. The maximum atomic E-state index is 11.4. The average molecular weight is 254 g/mol. The average Bonchev–Trinajstić information content (AvgIpc) is 2.37. The zero-order chi connectivity index (χ0) is 13.8. The normalized spacial score (nSPS) is 12.0. The summed E-state index contributed by atoms with van der Waals surface area (Å²) in [6, 6.07) is 0. The SMILES string of the molecule is CCCCC(=C=C/C=C/[C@@H](O)COC)C(=O)OC. The lowest BCUT2D eigenvalue weighted by Gasteiger charge is -2.01. The van der Waals surface area contributed by atoms with Crippen LogP contribution in [0.15, 0.2) is 29.5 Å². The van der Waals surface area contributed by atoms with E-state index in [0.29, 0.717) is 12.0 Å². The smallest absolute Gasteiger partial charge is 0.341 e. The highest BCUT2D eigenvalue weighted by Crippen LogP contribution is 2.07. The standard InChI is InChI=1S/C14H22O4/c1-4-5-8-12(14(16)18-3)9-6-7-10-13(15)11-17-2/h6-7,10,13,15H,4-5,8,11H2,1-3H3/b10-7+/t9?,13-/m1/s1. The Bertz CT molecular complexity index is 325. The molecular formula is C14H22O4. The van der Waals surface area contributed by atoms with Crippen molar-refractivity contribution < 1.29 is 19.4 Å².